The first kappa shape index (κ1) is 34.2. The van der Waals surface area contributed by atoms with Gasteiger partial charge in [-0.3, -0.25) is 15.0 Å². The number of hydrogen-bond donors (Lipinski definition) is 0. The Bertz CT molecular complexity index is 1960. The van der Waals surface area contributed by atoms with E-state index in [0.29, 0.717) is 22.5 Å². The van der Waals surface area contributed by atoms with Crippen molar-refractivity contribution < 1.29 is 46.4 Å². The summed E-state index contributed by atoms with van der Waals surface area (Å²) in [4.78, 5) is 13.5. The summed E-state index contributed by atoms with van der Waals surface area (Å²) < 4.78 is 88.0. The van der Waals surface area contributed by atoms with Crippen LogP contribution in [-0.2, 0) is 32.5 Å². The van der Waals surface area contributed by atoms with Crippen molar-refractivity contribution in [2.45, 2.75) is 37.0 Å². The topological polar surface area (TPSA) is 38.7 Å². The van der Waals surface area contributed by atoms with Crippen LogP contribution in [0, 0.1) is 25.1 Å². The zero-order valence-corrected chi connectivity index (χ0v) is 28.0. The van der Waals surface area contributed by atoms with Crippen LogP contribution in [0.5, 0.6) is 0 Å². The molecule has 7 rings (SSSR count). The Morgan fingerprint density at radius 2 is 0.755 bits per heavy atom. The summed E-state index contributed by atoms with van der Waals surface area (Å²) in [5, 5.41) is 0. The molecule has 3 aromatic carbocycles. The molecule has 0 radical (unpaired) electrons. The average Bonchev–Trinajstić information content (AvgIpc) is 3.05. The molecule has 3 aromatic heterocycles. The van der Waals surface area contributed by atoms with Gasteiger partial charge in [0, 0.05) is 53.4 Å². The monoisotopic (exact) mass is 841 g/mol. The fourth-order valence-electron chi connectivity index (χ4n) is 6.36. The van der Waals surface area contributed by atoms with E-state index in [0.717, 1.165) is 29.8 Å². The molecule has 0 saturated carbocycles. The van der Waals surface area contributed by atoms with E-state index >= 15 is 0 Å². The van der Waals surface area contributed by atoms with Crippen molar-refractivity contribution in [3.63, 3.8) is 0 Å². The Balaban J connectivity index is 0.00000417. The number of nitrogens with zero attached hydrogens (tertiary/aromatic N) is 3. The molecule has 3 nitrogen and oxygen atoms in total. The molecule has 246 valence electrons. The Morgan fingerprint density at radius 3 is 1.00 bits per heavy atom. The fraction of sp³-hybridized carbons (Fsp3) is 0.154. The van der Waals surface area contributed by atoms with E-state index in [1.165, 1.54) is 6.20 Å². The minimum Gasteiger partial charge on any atom is -0.260 e. The van der Waals surface area contributed by atoms with Crippen molar-refractivity contribution in [1.82, 2.24) is 15.0 Å². The first-order valence-corrected chi connectivity index (χ1v) is 15.0. The van der Waals surface area contributed by atoms with Crippen molar-refractivity contribution in [3.05, 3.63) is 195 Å². The molecule has 1 aliphatic rings. The molecule has 3 heterocycles. The predicted octanol–water partition coefficient (Wildman–Crippen LogP) is 9.47. The van der Waals surface area contributed by atoms with Gasteiger partial charge in [0.25, 0.3) is 0 Å². The zero-order chi connectivity index (χ0) is 33.6. The molecular weight excluding hydrogens is 817 g/mol. The third-order valence-corrected chi connectivity index (χ3v) is 8.35. The van der Waals surface area contributed by atoms with Gasteiger partial charge in [-0.2, -0.15) is 97.6 Å². The number of aromatic nitrogens is 3. The number of benzene rings is 3. The van der Waals surface area contributed by atoms with E-state index in [1.807, 2.05) is 6.92 Å². The molecule has 2 atom stereocenters. The summed E-state index contributed by atoms with van der Waals surface area (Å²) in [7, 11) is 0. The average molecular weight is 841 g/mol. The van der Waals surface area contributed by atoms with Gasteiger partial charge in [-0.1, -0.05) is 36.2 Å². The zero-order valence-electron chi connectivity index (χ0n) is 25.6. The largest absolute Gasteiger partial charge is 3.00 e. The van der Waals surface area contributed by atoms with Gasteiger partial charge in [0.05, 0.1) is 0 Å². The second-order valence-electron chi connectivity index (χ2n) is 11.7. The number of hydrogen-bond acceptors (Lipinski definition) is 3. The molecule has 0 aliphatic heterocycles. The first-order valence-electron chi connectivity index (χ1n) is 15.0. The van der Waals surface area contributed by atoms with Crippen molar-refractivity contribution in [2.24, 2.45) is 0 Å². The number of alkyl halides is 6. The summed E-state index contributed by atoms with van der Waals surface area (Å²) in [5.74, 6) is -2.90. The fourth-order valence-corrected chi connectivity index (χ4v) is 6.36. The predicted molar refractivity (Wildman–Crippen MR) is 166 cm³/mol. The number of aryl methyl sites for hydroxylation is 1. The maximum atomic E-state index is 14.7. The molecule has 2 unspecified atom stereocenters. The van der Waals surface area contributed by atoms with E-state index < -0.39 is 41.2 Å². The molecular formula is C39H24F6IrN3. The standard InChI is InChI=1S/C39H24F6N3.Ir/c1-23-14-24-16-25(15-23)36(33-9-3-6-12-47-33)27-18-29(22-31(20-27)39(43,44)45)37(34-10-4-7-13-48-34)28-17-26(19-30(21-28)38(40,41)42)35(24)32-8-2-5-11-46-32;/h2-15,19-22,35-37H,1H3;/q-3;+3. The normalized spacial score (nSPS) is 17.3. The van der Waals surface area contributed by atoms with Gasteiger partial charge < -0.3 is 0 Å². The van der Waals surface area contributed by atoms with E-state index in [4.69, 9.17) is 0 Å². The Morgan fingerprint density at radius 1 is 0.469 bits per heavy atom. The van der Waals surface area contributed by atoms with Crippen LogP contribution < -0.4 is 0 Å². The molecule has 1 aliphatic carbocycles. The first-order chi connectivity index (χ1) is 23.0. The van der Waals surface area contributed by atoms with Crippen LogP contribution in [-0.4, -0.2) is 15.0 Å². The Kier molecular flexibility index (Phi) is 9.31. The van der Waals surface area contributed by atoms with E-state index in [-0.39, 0.29) is 48.1 Å². The number of pyridine rings is 3. The van der Waals surface area contributed by atoms with Gasteiger partial charge in [-0.25, -0.2) is 0 Å². The summed E-state index contributed by atoms with van der Waals surface area (Å²) in [6.07, 6.45) is -5.00. The van der Waals surface area contributed by atoms with Gasteiger partial charge in [0.1, 0.15) is 0 Å². The summed E-state index contributed by atoms with van der Waals surface area (Å²) >= 11 is 0. The maximum absolute atomic E-state index is 14.7. The van der Waals surface area contributed by atoms with Gasteiger partial charge in [-0.15, -0.1) is 22.3 Å². The van der Waals surface area contributed by atoms with Crippen molar-refractivity contribution in [3.8, 4) is 0 Å². The third kappa shape index (κ3) is 6.94. The molecule has 0 spiro atoms. The van der Waals surface area contributed by atoms with Crippen molar-refractivity contribution in [1.29, 1.82) is 0 Å². The second-order valence-corrected chi connectivity index (χ2v) is 11.7. The SMILES string of the molecule is Cc1cc2[c-]c(c1)C(c1ccccn1)c1[c-]c(cc(C(F)(F)F)c1)C(c1ccccn1)c1[c-]c(cc(C(F)(F)F)c1)C2c1ccccn1.[Ir+3]. The molecule has 0 amide bonds. The van der Waals surface area contributed by atoms with Gasteiger partial charge in [-0.05, 0) is 36.4 Å². The quantitative estimate of drug-likeness (QED) is 0.132. The summed E-state index contributed by atoms with van der Waals surface area (Å²) in [5.41, 5.74) is 1.13. The smallest absolute Gasteiger partial charge is 0.260 e. The Labute approximate surface area is 292 Å². The number of fused-ring (bicyclic) bond motifs is 6. The van der Waals surface area contributed by atoms with Crippen LogP contribution in [0.3, 0.4) is 0 Å². The van der Waals surface area contributed by atoms with Crippen LogP contribution in [0.2, 0.25) is 0 Å². The molecule has 0 fully saturated rings. The van der Waals surface area contributed by atoms with Gasteiger partial charge >= 0.3 is 32.5 Å². The molecule has 49 heavy (non-hydrogen) atoms. The summed E-state index contributed by atoms with van der Waals surface area (Å²) in [6.45, 7) is 1.82. The van der Waals surface area contributed by atoms with Gasteiger partial charge in [0.2, 0.25) is 0 Å². The molecule has 6 aromatic rings. The number of halogens is 6. The van der Waals surface area contributed by atoms with E-state index in [9.17, 15) is 26.3 Å². The second kappa shape index (κ2) is 13.3. The number of rotatable bonds is 3. The van der Waals surface area contributed by atoms with Crippen LogP contribution in [0.25, 0.3) is 0 Å². The summed E-state index contributed by atoms with van der Waals surface area (Å²) in [6, 6.07) is 32.5. The molecule has 10 heteroatoms. The van der Waals surface area contributed by atoms with Crippen molar-refractivity contribution >= 4 is 0 Å². The minimum atomic E-state index is -4.78. The van der Waals surface area contributed by atoms with Crippen molar-refractivity contribution in [2.75, 3.05) is 0 Å². The minimum absolute atomic E-state index is 0. The van der Waals surface area contributed by atoms with Crippen LogP contribution >= 0.6 is 0 Å². The maximum Gasteiger partial charge on any atom is 3.00 e. The van der Waals surface area contributed by atoms with Gasteiger partial charge in [0.15, 0.2) is 0 Å². The Hall–Kier alpha value is -4.66. The third-order valence-electron chi connectivity index (χ3n) is 8.35. The van der Waals surface area contributed by atoms with Crippen LogP contribution in [0.15, 0.2) is 110 Å². The van der Waals surface area contributed by atoms with E-state index in [2.05, 4.69) is 33.2 Å². The molecule has 6 bridgehead atoms. The van der Waals surface area contributed by atoms with E-state index in [1.54, 1.807) is 79.1 Å². The molecule has 0 saturated heterocycles. The molecule has 0 N–H and O–H groups in total. The van der Waals surface area contributed by atoms with Crippen LogP contribution in [0.1, 0.15) is 84.9 Å². The van der Waals surface area contributed by atoms with Crippen LogP contribution in [0.4, 0.5) is 26.3 Å².